The minimum atomic E-state index is 0. The molecule has 1 heteroatoms. The van der Waals surface area contributed by atoms with Crippen LogP contribution in [0.15, 0.2) is 0 Å². The summed E-state index contributed by atoms with van der Waals surface area (Å²) in [5.41, 5.74) is 0. The van der Waals surface area contributed by atoms with Crippen LogP contribution in [0.3, 0.4) is 0 Å². The first-order chi connectivity index (χ1) is 4.91. The second-order valence-electron chi connectivity index (χ2n) is 2.74. The van der Waals surface area contributed by atoms with E-state index in [1.165, 1.54) is 38.5 Å². The zero-order valence-electron chi connectivity index (χ0n) is 8.10. The summed E-state index contributed by atoms with van der Waals surface area (Å²) in [5, 5.41) is 0. The molecule has 0 radical (unpaired) electrons. The van der Waals surface area contributed by atoms with Crippen LogP contribution in [0.4, 0.5) is 0 Å². The quantitative estimate of drug-likeness (QED) is 0.412. The zero-order valence-corrected chi connectivity index (χ0v) is 9.52. The first-order valence-corrected chi connectivity index (χ1v) is 4.51. The number of hydrogen-bond donors (Lipinski definition) is 0. The fourth-order valence-electron chi connectivity index (χ4n) is 0.898. The molecule has 0 nitrogen and oxygen atoms in total. The van der Waals surface area contributed by atoms with Gasteiger partial charge < -0.3 is 12.8 Å². The van der Waals surface area contributed by atoms with Gasteiger partial charge in [-0.3, -0.25) is 0 Å². The molecular formula is C10H20Mg. The summed E-state index contributed by atoms with van der Waals surface area (Å²) in [5.74, 6) is 0. The third-order valence-corrected chi connectivity index (χ3v) is 1.72. The second kappa shape index (κ2) is 13.4. The van der Waals surface area contributed by atoms with Gasteiger partial charge in [-0.15, -0.1) is 0 Å². The maximum absolute atomic E-state index is 2.39. The van der Waals surface area contributed by atoms with Crippen LogP contribution in [-0.4, -0.2) is 23.1 Å². The van der Waals surface area contributed by atoms with Gasteiger partial charge in [0.2, 0.25) is 0 Å². The molecule has 0 atom stereocenters. The van der Waals surface area contributed by atoms with Crippen LogP contribution in [0.2, 0.25) is 0 Å². The van der Waals surface area contributed by atoms with Crippen LogP contribution >= 0.6 is 0 Å². The molecule has 0 aromatic rings. The molecule has 0 bridgehead atoms. The molecule has 1 fully saturated rings. The molecule has 0 spiro atoms. The third kappa shape index (κ3) is 13.7. The van der Waals surface area contributed by atoms with E-state index < -0.39 is 0 Å². The van der Waals surface area contributed by atoms with E-state index in [2.05, 4.69) is 26.7 Å². The van der Waals surface area contributed by atoms with Crippen molar-refractivity contribution in [2.24, 2.45) is 0 Å². The molecule has 0 aliphatic heterocycles. The Morgan fingerprint density at radius 2 is 1.64 bits per heavy atom. The fraction of sp³-hybridized carbons (Fsp3) is 0.800. The fourth-order valence-corrected chi connectivity index (χ4v) is 0.898. The molecule has 0 amide bonds. The first-order valence-electron chi connectivity index (χ1n) is 4.51. The minimum Gasteiger partial charge on any atom is -0.332 e. The van der Waals surface area contributed by atoms with Crippen molar-refractivity contribution in [2.45, 2.75) is 52.4 Å². The normalized spacial score (nSPS) is 15.8. The molecule has 0 unspecified atom stereocenters. The minimum absolute atomic E-state index is 0. The summed E-state index contributed by atoms with van der Waals surface area (Å²) in [6.45, 7) is 4.18. The maximum atomic E-state index is 2.39. The van der Waals surface area contributed by atoms with Gasteiger partial charge in [0, 0.05) is 0 Å². The molecule has 1 saturated carbocycles. The van der Waals surface area contributed by atoms with E-state index in [1.807, 2.05) is 0 Å². The van der Waals surface area contributed by atoms with Gasteiger partial charge in [0.15, 0.2) is 0 Å². The molecule has 0 aromatic carbocycles. The van der Waals surface area contributed by atoms with Crippen molar-refractivity contribution >= 4 is 23.1 Å². The Morgan fingerprint density at radius 1 is 1.18 bits per heavy atom. The van der Waals surface area contributed by atoms with Crippen molar-refractivity contribution in [2.75, 3.05) is 0 Å². The molecule has 0 saturated heterocycles. The smallest absolute Gasteiger partial charge is 0.332 e. The molecule has 1 aliphatic rings. The average molecular weight is 165 g/mol. The summed E-state index contributed by atoms with van der Waals surface area (Å²) in [4.78, 5) is 0. The van der Waals surface area contributed by atoms with Gasteiger partial charge in [0.05, 0.1) is 0 Å². The van der Waals surface area contributed by atoms with Gasteiger partial charge >= 0.3 is 23.1 Å². The molecule has 1 aliphatic carbocycles. The van der Waals surface area contributed by atoms with Crippen molar-refractivity contribution in [3.63, 3.8) is 0 Å². The number of unbranched alkanes of at least 4 members (excludes halogenated alkanes) is 1. The van der Waals surface area contributed by atoms with E-state index in [0.717, 1.165) is 0 Å². The Labute approximate surface area is 88.3 Å². The Hall–Kier alpha value is 0.766. The van der Waals surface area contributed by atoms with Crippen molar-refractivity contribution in [3.8, 4) is 0 Å². The first kappa shape index (κ1) is 14.3. The maximum Gasteiger partial charge on any atom is 2.00 e. The SMILES string of the molecule is C[CH-]CC.[CH-]1CCCCC1.[Mg+2]. The molecule has 62 valence electrons. The predicted molar refractivity (Wildman–Crippen MR) is 53.4 cm³/mol. The average Bonchev–Trinajstić information content (AvgIpc) is 2.08. The molecule has 0 N–H and O–H groups in total. The van der Waals surface area contributed by atoms with Crippen LogP contribution in [0, 0.1) is 12.8 Å². The standard InChI is InChI=1S/C6H11.C4H9.Mg/c1-2-4-6-5-3-1;1-3-4-2;/h1H,2-6H2;3H,4H2,1-2H3;/q2*-1;+2. The van der Waals surface area contributed by atoms with Gasteiger partial charge in [-0.25, -0.2) is 0 Å². The van der Waals surface area contributed by atoms with Gasteiger partial charge in [0.25, 0.3) is 0 Å². The number of rotatable bonds is 1. The van der Waals surface area contributed by atoms with Gasteiger partial charge in [0.1, 0.15) is 0 Å². The summed E-state index contributed by atoms with van der Waals surface area (Å²) >= 11 is 0. The third-order valence-electron chi connectivity index (χ3n) is 1.72. The Kier molecular flexibility index (Phi) is 17.4. The summed E-state index contributed by atoms with van der Waals surface area (Å²) in [7, 11) is 0. The summed E-state index contributed by atoms with van der Waals surface area (Å²) in [6, 6.07) is 0. The number of hydrogen-bond acceptors (Lipinski definition) is 0. The van der Waals surface area contributed by atoms with E-state index in [0.29, 0.717) is 0 Å². The molecule has 0 aromatic heterocycles. The molecule has 11 heavy (non-hydrogen) atoms. The van der Waals surface area contributed by atoms with E-state index in [-0.39, 0.29) is 23.1 Å². The van der Waals surface area contributed by atoms with Crippen LogP contribution < -0.4 is 0 Å². The molecule has 1 rings (SSSR count). The molecular weight excluding hydrogens is 144 g/mol. The van der Waals surface area contributed by atoms with Crippen LogP contribution in [0.5, 0.6) is 0 Å². The van der Waals surface area contributed by atoms with Gasteiger partial charge in [-0.1, -0.05) is 26.2 Å². The Balaban J connectivity index is 0. The van der Waals surface area contributed by atoms with Crippen molar-refractivity contribution in [3.05, 3.63) is 12.8 Å². The predicted octanol–water partition coefficient (Wildman–Crippen LogP) is 3.39. The second-order valence-corrected chi connectivity index (χ2v) is 2.74. The van der Waals surface area contributed by atoms with Crippen LogP contribution in [-0.2, 0) is 0 Å². The van der Waals surface area contributed by atoms with Gasteiger partial charge in [-0.2, -0.15) is 26.2 Å². The van der Waals surface area contributed by atoms with Crippen molar-refractivity contribution in [1.82, 2.24) is 0 Å². The Bertz CT molecular complexity index is 35.3. The van der Waals surface area contributed by atoms with Crippen molar-refractivity contribution < 1.29 is 0 Å². The largest absolute Gasteiger partial charge is 2.00 e. The van der Waals surface area contributed by atoms with E-state index >= 15 is 0 Å². The summed E-state index contributed by atoms with van der Waals surface area (Å²) < 4.78 is 0. The monoisotopic (exact) mass is 164 g/mol. The summed E-state index contributed by atoms with van der Waals surface area (Å²) in [6.07, 6.45) is 12.8. The van der Waals surface area contributed by atoms with Gasteiger partial charge in [-0.05, 0) is 0 Å². The van der Waals surface area contributed by atoms with E-state index in [9.17, 15) is 0 Å². The van der Waals surface area contributed by atoms with E-state index in [1.54, 1.807) is 0 Å². The zero-order chi connectivity index (χ0) is 7.66. The topological polar surface area (TPSA) is 0 Å². The molecule has 0 heterocycles. The van der Waals surface area contributed by atoms with Crippen LogP contribution in [0.25, 0.3) is 0 Å². The van der Waals surface area contributed by atoms with Crippen LogP contribution in [0.1, 0.15) is 52.4 Å². The van der Waals surface area contributed by atoms with E-state index in [4.69, 9.17) is 0 Å². The van der Waals surface area contributed by atoms with Crippen molar-refractivity contribution in [1.29, 1.82) is 0 Å². The Morgan fingerprint density at radius 3 is 1.73 bits per heavy atom.